The van der Waals surface area contributed by atoms with Crippen LogP contribution in [0.2, 0.25) is 5.02 Å². The Kier molecular flexibility index (Phi) is 5.56. The number of carboxylic acids is 1. The number of aromatic nitrogens is 3. The summed E-state index contributed by atoms with van der Waals surface area (Å²) in [5.74, 6) is 0.486. The third-order valence-corrected chi connectivity index (χ3v) is 5.00. The average molecular weight is 441 g/mol. The van der Waals surface area contributed by atoms with E-state index in [4.69, 9.17) is 31.7 Å². The molecule has 31 heavy (non-hydrogen) atoms. The highest BCUT2D eigenvalue weighted by molar-refractivity contribution is 6.35. The number of aryl methyl sites for hydroxylation is 1. The first-order valence-electron chi connectivity index (χ1n) is 9.72. The Morgan fingerprint density at radius 1 is 1.26 bits per heavy atom. The van der Waals surface area contributed by atoms with E-state index in [9.17, 15) is 4.79 Å². The fourth-order valence-corrected chi connectivity index (χ4v) is 3.56. The Morgan fingerprint density at radius 3 is 2.74 bits per heavy atom. The third-order valence-electron chi connectivity index (χ3n) is 4.70. The first kappa shape index (κ1) is 20.7. The summed E-state index contributed by atoms with van der Waals surface area (Å²) in [6.45, 7) is 4.20. The number of rotatable bonds is 7. The molecule has 0 saturated carbocycles. The molecule has 0 spiro atoms. The lowest BCUT2D eigenvalue weighted by atomic mass is 10.1. The predicted molar refractivity (Wildman–Crippen MR) is 118 cm³/mol. The Morgan fingerprint density at radius 2 is 2.03 bits per heavy atom. The Balaban J connectivity index is 1.62. The molecule has 2 aromatic carbocycles. The average Bonchev–Trinajstić information content (AvgIpc) is 3.33. The SMILES string of the molecule is CC(C)Oc1ccc(-c2nc(-c3ccc4c(c3)c(Cl)cn4CCC(=O)O)no2)cc1N. The van der Waals surface area contributed by atoms with Crippen LogP contribution in [0, 0.1) is 0 Å². The zero-order valence-corrected chi connectivity index (χ0v) is 17.8. The molecule has 0 aliphatic rings. The fraction of sp³-hybridized carbons (Fsp3) is 0.227. The van der Waals surface area contributed by atoms with Gasteiger partial charge in [-0.15, -0.1) is 0 Å². The van der Waals surface area contributed by atoms with Crippen molar-refractivity contribution in [2.24, 2.45) is 0 Å². The summed E-state index contributed by atoms with van der Waals surface area (Å²) < 4.78 is 12.9. The highest BCUT2D eigenvalue weighted by Crippen LogP contribution is 2.32. The molecule has 0 atom stereocenters. The number of nitrogens with two attached hydrogens (primary N) is 1. The summed E-state index contributed by atoms with van der Waals surface area (Å²) in [5.41, 5.74) is 8.82. The van der Waals surface area contributed by atoms with Gasteiger partial charge in [-0.3, -0.25) is 4.79 Å². The summed E-state index contributed by atoms with van der Waals surface area (Å²) in [5, 5.41) is 14.3. The molecule has 0 amide bonds. The number of fused-ring (bicyclic) bond motifs is 1. The third kappa shape index (κ3) is 4.34. The normalized spacial score (nSPS) is 11.4. The van der Waals surface area contributed by atoms with E-state index >= 15 is 0 Å². The number of anilines is 1. The molecule has 2 aromatic heterocycles. The van der Waals surface area contributed by atoms with Crippen molar-refractivity contribution >= 4 is 34.2 Å². The predicted octanol–water partition coefficient (Wildman–Crippen LogP) is 4.86. The molecule has 160 valence electrons. The van der Waals surface area contributed by atoms with E-state index in [1.807, 2.05) is 42.7 Å². The van der Waals surface area contributed by atoms with E-state index in [0.29, 0.717) is 40.3 Å². The Labute approximate surface area is 183 Å². The molecule has 4 aromatic rings. The van der Waals surface area contributed by atoms with Crippen molar-refractivity contribution in [1.29, 1.82) is 0 Å². The van der Waals surface area contributed by atoms with Gasteiger partial charge in [-0.1, -0.05) is 16.8 Å². The van der Waals surface area contributed by atoms with Crippen molar-refractivity contribution in [3.63, 3.8) is 0 Å². The molecule has 8 nitrogen and oxygen atoms in total. The number of hydrogen-bond acceptors (Lipinski definition) is 6. The van der Waals surface area contributed by atoms with Crippen molar-refractivity contribution in [3.8, 4) is 28.6 Å². The maximum Gasteiger partial charge on any atom is 0.305 e. The van der Waals surface area contributed by atoms with Crippen molar-refractivity contribution in [2.75, 3.05) is 5.73 Å². The van der Waals surface area contributed by atoms with E-state index < -0.39 is 5.97 Å². The number of hydrogen-bond donors (Lipinski definition) is 2. The van der Waals surface area contributed by atoms with Gasteiger partial charge in [0.1, 0.15) is 5.75 Å². The standard InChI is InChI=1S/C22H21ClN4O4/c1-12(2)30-19-6-4-14(10-17(19)24)22-25-21(26-31-22)13-3-5-18-15(9-13)16(23)11-27(18)8-7-20(28)29/h3-6,9-12H,7-8,24H2,1-2H3,(H,28,29). The smallest absolute Gasteiger partial charge is 0.305 e. The van der Waals surface area contributed by atoms with E-state index in [1.54, 1.807) is 18.3 Å². The van der Waals surface area contributed by atoms with Gasteiger partial charge in [0.2, 0.25) is 5.82 Å². The fourth-order valence-electron chi connectivity index (χ4n) is 3.29. The highest BCUT2D eigenvalue weighted by Gasteiger charge is 2.15. The van der Waals surface area contributed by atoms with Crippen LogP contribution in [0.5, 0.6) is 5.75 Å². The molecule has 0 saturated heterocycles. The topological polar surface area (TPSA) is 116 Å². The number of carboxylic acid groups (broad SMARTS) is 1. The molecule has 9 heteroatoms. The number of aliphatic carboxylic acids is 1. The maximum absolute atomic E-state index is 10.9. The van der Waals surface area contributed by atoms with Gasteiger partial charge >= 0.3 is 5.97 Å². The molecular formula is C22H21ClN4O4. The van der Waals surface area contributed by atoms with Gasteiger partial charge in [0, 0.05) is 34.8 Å². The van der Waals surface area contributed by atoms with Gasteiger partial charge in [0.15, 0.2) is 0 Å². The van der Waals surface area contributed by atoms with Crippen molar-refractivity contribution in [3.05, 3.63) is 47.6 Å². The zero-order valence-electron chi connectivity index (χ0n) is 17.0. The second-order valence-electron chi connectivity index (χ2n) is 7.39. The van der Waals surface area contributed by atoms with E-state index in [-0.39, 0.29) is 12.5 Å². The lowest BCUT2D eigenvalue weighted by Crippen LogP contribution is -2.07. The molecule has 3 N–H and O–H groups in total. The Hall–Kier alpha value is -3.52. The van der Waals surface area contributed by atoms with Crippen LogP contribution < -0.4 is 10.5 Å². The summed E-state index contributed by atoms with van der Waals surface area (Å²) in [7, 11) is 0. The van der Waals surface area contributed by atoms with E-state index in [1.165, 1.54) is 0 Å². The second-order valence-corrected chi connectivity index (χ2v) is 7.80. The largest absolute Gasteiger partial charge is 0.489 e. The molecule has 0 aliphatic heterocycles. The van der Waals surface area contributed by atoms with Crippen LogP contribution in [-0.2, 0) is 11.3 Å². The molecule has 2 heterocycles. The quantitative estimate of drug-likeness (QED) is 0.394. The lowest BCUT2D eigenvalue weighted by Gasteiger charge is -2.12. The highest BCUT2D eigenvalue weighted by atomic mass is 35.5. The summed E-state index contributed by atoms with van der Waals surface area (Å²) in [6.07, 6.45) is 1.76. The van der Waals surface area contributed by atoms with Crippen LogP contribution >= 0.6 is 11.6 Å². The minimum Gasteiger partial charge on any atom is -0.489 e. The minimum atomic E-state index is -0.863. The van der Waals surface area contributed by atoms with Crippen LogP contribution in [0.15, 0.2) is 47.1 Å². The summed E-state index contributed by atoms with van der Waals surface area (Å²) in [6, 6.07) is 10.9. The van der Waals surface area contributed by atoms with Gasteiger partial charge in [0.05, 0.1) is 23.2 Å². The van der Waals surface area contributed by atoms with Crippen LogP contribution in [-0.4, -0.2) is 31.9 Å². The lowest BCUT2D eigenvalue weighted by molar-refractivity contribution is -0.137. The molecule has 0 radical (unpaired) electrons. The summed E-state index contributed by atoms with van der Waals surface area (Å²) in [4.78, 5) is 15.4. The van der Waals surface area contributed by atoms with Gasteiger partial charge in [-0.25, -0.2) is 0 Å². The van der Waals surface area contributed by atoms with Crippen LogP contribution in [0.3, 0.4) is 0 Å². The molecule has 0 fully saturated rings. The van der Waals surface area contributed by atoms with E-state index in [0.717, 1.165) is 16.5 Å². The van der Waals surface area contributed by atoms with E-state index in [2.05, 4.69) is 10.1 Å². The molecule has 4 rings (SSSR count). The number of ether oxygens (including phenoxy) is 1. The monoisotopic (exact) mass is 440 g/mol. The number of nitrogens with zero attached hydrogens (tertiary/aromatic N) is 3. The van der Waals surface area contributed by atoms with Crippen molar-refractivity contribution < 1.29 is 19.2 Å². The number of benzene rings is 2. The van der Waals surface area contributed by atoms with Crippen LogP contribution in [0.25, 0.3) is 33.7 Å². The molecular weight excluding hydrogens is 420 g/mol. The first-order chi connectivity index (χ1) is 14.8. The van der Waals surface area contributed by atoms with Crippen molar-refractivity contribution in [1.82, 2.24) is 14.7 Å². The zero-order chi connectivity index (χ0) is 22.1. The van der Waals surface area contributed by atoms with Crippen LogP contribution in [0.1, 0.15) is 20.3 Å². The van der Waals surface area contributed by atoms with Gasteiger partial charge in [-0.2, -0.15) is 4.98 Å². The number of carbonyl (C=O) groups is 1. The van der Waals surface area contributed by atoms with Crippen molar-refractivity contribution in [2.45, 2.75) is 32.9 Å². The second kappa shape index (κ2) is 8.31. The molecule has 0 unspecified atom stereocenters. The minimum absolute atomic E-state index is 0.0141. The molecule has 0 bridgehead atoms. The molecule has 0 aliphatic carbocycles. The number of halogens is 1. The first-order valence-corrected chi connectivity index (χ1v) is 10.1. The maximum atomic E-state index is 10.9. The van der Waals surface area contributed by atoms with Gasteiger partial charge in [-0.05, 0) is 50.2 Å². The van der Waals surface area contributed by atoms with Crippen LogP contribution in [0.4, 0.5) is 5.69 Å². The van der Waals surface area contributed by atoms with Gasteiger partial charge in [0.25, 0.3) is 5.89 Å². The number of nitrogen functional groups attached to an aromatic ring is 1. The Bertz CT molecular complexity index is 1260. The van der Waals surface area contributed by atoms with Gasteiger partial charge < -0.3 is 24.7 Å². The summed E-state index contributed by atoms with van der Waals surface area (Å²) >= 11 is 6.36.